The fourth-order valence-corrected chi connectivity index (χ4v) is 3.05. The summed E-state index contributed by atoms with van der Waals surface area (Å²) in [5.41, 5.74) is 0.457. The predicted octanol–water partition coefficient (Wildman–Crippen LogP) is 4.76. The first-order valence-corrected chi connectivity index (χ1v) is 7.87. The van der Waals surface area contributed by atoms with E-state index in [0.717, 1.165) is 24.3 Å². The number of rotatable bonds is 5. The zero-order valence-electron chi connectivity index (χ0n) is 12.6. The van der Waals surface area contributed by atoms with Crippen LogP contribution in [0.5, 0.6) is 0 Å². The third-order valence-electron chi connectivity index (χ3n) is 4.37. The molecule has 0 radical (unpaired) electrons. The first-order valence-electron chi connectivity index (χ1n) is 7.87. The third kappa shape index (κ3) is 5.03. The van der Waals surface area contributed by atoms with Gasteiger partial charge < -0.3 is 4.90 Å². The molecule has 1 saturated heterocycles. The van der Waals surface area contributed by atoms with E-state index in [-0.39, 0.29) is 0 Å². The van der Waals surface area contributed by atoms with E-state index in [1.165, 1.54) is 51.0 Å². The van der Waals surface area contributed by atoms with Gasteiger partial charge in [-0.1, -0.05) is 19.1 Å². The lowest BCUT2D eigenvalue weighted by atomic mass is 9.90. The highest BCUT2D eigenvalue weighted by Crippen LogP contribution is 2.29. The van der Waals surface area contributed by atoms with Gasteiger partial charge in [0.2, 0.25) is 0 Å². The van der Waals surface area contributed by atoms with E-state index in [1.807, 2.05) is 0 Å². The highest BCUT2D eigenvalue weighted by Gasteiger charge is 2.29. The lowest BCUT2D eigenvalue weighted by Crippen LogP contribution is -2.34. The standard InChI is InChI=1S/C17H24F3N/c1-2-11-21-12-9-15(10-13-21)4-3-14-5-7-16(8-6-14)17(18,19)20/h5-8,15H,2-4,9-13H2,1H3. The Morgan fingerprint density at radius 2 is 1.71 bits per heavy atom. The minimum Gasteiger partial charge on any atom is -0.303 e. The quantitative estimate of drug-likeness (QED) is 0.757. The molecule has 1 aromatic carbocycles. The zero-order chi connectivity index (χ0) is 15.3. The van der Waals surface area contributed by atoms with E-state index in [1.54, 1.807) is 12.1 Å². The molecular weight excluding hydrogens is 275 g/mol. The van der Waals surface area contributed by atoms with Crippen molar-refractivity contribution in [3.63, 3.8) is 0 Å². The van der Waals surface area contributed by atoms with Gasteiger partial charge in [-0.05, 0) is 75.4 Å². The Balaban J connectivity index is 1.76. The molecule has 0 aromatic heterocycles. The Kier molecular flexibility index (Phi) is 5.68. The first kappa shape index (κ1) is 16.3. The SMILES string of the molecule is CCCN1CCC(CCc2ccc(C(F)(F)F)cc2)CC1. The molecule has 0 N–H and O–H groups in total. The molecule has 0 spiro atoms. The Morgan fingerprint density at radius 1 is 1.10 bits per heavy atom. The maximum absolute atomic E-state index is 12.5. The molecule has 118 valence electrons. The smallest absolute Gasteiger partial charge is 0.303 e. The number of alkyl halides is 3. The molecule has 0 aliphatic carbocycles. The molecule has 2 rings (SSSR count). The van der Waals surface area contributed by atoms with Crippen LogP contribution in [0.4, 0.5) is 13.2 Å². The number of hydrogen-bond acceptors (Lipinski definition) is 1. The summed E-state index contributed by atoms with van der Waals surface area (Å²) in [7, 11) is 0. The van der Waals surface area contributed by atoms with E-state index < -0.39 is 11.7 Å². The largest absolute Gasteiger partial charge is 0.416 e. The molecule has 0 atom stereocenters. The highest BCUT2D eigenvalue weighted by molar-refractivity contribution is 5.24. The van der Waals surface area contributed by atoms with Gasteiger partial charge in [-0.25, -0.2) is 0 Å². The van der Waals surface area contributed by atoms with Gasteiger partial charge in [-0.2, -0.15) is 13.2 Å². The third-order valence-corrected chi connectivity index (χ3v) is 4.37. The fourth-order valence-electron chi connectivity index (χ4n) is 3.05. The first-order chi connectivity index (χ1) is 9.99. The average molecular weight is 299 g/mol. The molecule has 1 aliphatic rings. The second-order valence-corrected chi connectivity index (χ2v) is 6.02. The summed E-state index contributed by atoms with van der Waals surface area (Å²) in [6.07, 6.45) is 1.39. The van der Waals surface area contributed by atoms with Gasteiger partial charge in [0.15, 0.2) is 0 Å². The Bertz CT molecular complexity index is 417. The lowest BCUT2D eigenvalue weighted by Gasteiger charge is -2.31. The summed E-state index contributed by atoms with van der Waals surface area (Å²) < 4.78 is 37.5. The van der Waals surface area contributed by atoms with E-state index >= 15 is 0 Å². The molecule has 0 amide bonds. The average Bonchev–Trinajstić information content (AvgIpc) is 2.46. The van der Waals surface area contributed by atoms with Crippen LogP contribution in [0, 0.1) is 5.92 Å². The van der Waals surface area contributed by atoms with Gasteiger partial charge in [-0.15, -0.1) is 0 Å². The number of likely N-dealkylation sites (tertiary alicyclic amines) is 1. The number of halogens is 3. The molecule has 1 heterocycles. The zero-order valence-corrected chi connectivity index (χ0v) is 12.6. The van der Waals surface area contributed by atoms with Crippen molar-refractivity contribution in [2.45, 2.75) is 45.2 Å². The van der Waals surface area contributed by atoms with Crippen LogP contribution in [0.2, 0.25) is 0 Å². The highest BCUT2D eigenvalue weighted by atomic mass is 19.4. The van der Waals surface area contributed by atoms with Crippen molar-refractivity contribution in [2.24, 2.45) is 5.92 Å². The van der Waals surface area contributed by atoms with Crippen LogP contribution >= 0.6 is 0 Å². The number of hydrogen-bond donors (Lipinski definition) is 0. The number of nitrogens with zero attached hydrogens (tertiary/aromatic N) is 1. The van der Waals surface area contributed by atoms with E-state index in [9.17, 15) is 13.2 Å². The van der Waals surface area contributed by atoms with Gasteiger partial charge in [0.1, 0.15) is 0 Å². The fraction of sp³-hybridized carbons (Fsp3) is 0.647. The van der Waals surface area contributed by atoms with Crippen LogP contribution in [-0.2, 0) is 12.6 Å². The van der Waals surface area contributed by atoms with Gasteiger partial charge >= 0.3 is 6.18 Å². The molecule has 0 bridgehead atoms. The van der Waals surface area contributed by atoms with Crippen molar-refractivity contribution < 1.29 is 13.2 Å². The molecule has 1 aliphatic heterocycles. The second-order valence-electron chi connectivity index (χ2n) is 6.02. The van der Waals surface area contributed by atoms with Crippen molar-refractivity contribution in [1.82, 2.24) is 4.90 Å². The summed E-state index contributed by atoms with van der Waals surface area (Å²) in [6.45, 7) is 5.74. The number of benzene rings is 1. The molecule has 0 saturated carbocycles. The number of piperidine rings is 1. The molecule has 0 unspecified atom stereocenters. The molecule has 4 heteroatoms. The maximum Gasteiger partial charge on any atom is 0.416 e. The van der Waals surface area contributed by atoms with Gasteiger partial charge in [0.25, 0.3) is 0 Å². The van der Waals surface area contributed by atoms with Crippen molar-refractivity contribution in [1.29, 1.82) is 0 Å². The minimum atomic E-state index is -4.23. The molecule has 1 aromatic rings. The van der Waals surface area contributed by atoms with Crippen molar-refractivity contribution in [3.8, 4) is 0 Å². The summed E-state index contributed by atoms with van der Waals surface area (Å²) >= 11 is 0. The van der Waals surface area contributed by atoms with Gasteiger partial charge in [0.05, 0.1) is 5.56 Å². The number of aryl methyl sites for hydroxylation is 1. The summed E-state index contributed by atoms with van der Waals surface area (Å²) in [4.78, 5) is 2.51. The van der Waals surface area contributed by atoms with Crippen LogP contribution in [0.3, 0.4) is 0 Å². The van der Waals surface area contributed by atoms with E-state index in [4.69, 9.17) is 0 Å². The van der Waals surface area contributed by atoms with Gasteiger partial charge in [-0.3, -0.25) is 0 Å². The van der Waals surface area contributed by atoms with E-state index in [0.29, 0.717) is 0 Å². The molecular formula is C17H24F3N. The minimum absolute atomic E-state index is 0.556. The second kappa shape index (κ2) is 7.30. The predicted molar refractivity (Wildman–Crippen MR) is 79.2 cm³/mol. The van der Waals surface area contributed by atoms with Crippen molar-refractivity contribution in [3.05, 3.63) is 35.4 Å². The molecule has 21 heavy (non-hydrogen) atoms. The molecule has 1 nitrogen and oxygen atoms in total. The van der Waals surface area contributed by atoms with Crippen LogP contribution < -0.4 is 0 Å². The topological polar surface area (TPSA) is 3.24 Å². The normalized spacial score (nSPS) is 18.1. The Hall–Kier alpha value is -1.03. The van der Waals surface area contributed by atoms with E-state index in [2.05, 4.69) is 11.8 Å². The van der Waals surface area contributed by atoms with Crippen LogP contribution in [0.25, 0.3) is 0 Å². The van der Waals surface area contributed by atoms with Crippen LogP contribution in [0.15, 0.2) is 24.3 Å². The lowest BCUT2D eigenvalue weighted by molar-refractivity contribution is -0.137. The molecule has 1 fully saturated rings. The van der Waals surface area contributed by atoms with Crippen molar-refractivity contribution >= 4 is 0 Å². The van der Waals surface area contributed by atoms with Gasteiger partial charge in [0, 0.05) is 0 Å². The van der Waals surface area contributed by atoms with Crippen LogP contribution in [0.1, 0.15) is 43.7 Å². The summed E-state index contributed by atoms with van der Waals surface area (Å²) in [5.74, 6) is 0.723. The Morgan fingerprint density at radius 3 is 2.24 bits per heavy atom. The Labute approximate surface area is 125 Å². The maximum atomic E-state index is 12.5. The van der Waals surface area contributed by atoms with Crippen molar-refractivity contribution in [2.75, 3.05) is 19.6 Å². The summed E-state index contributed by atoms with van der Waals surface area (Å²) in [6, 6.07) is 5.63. The monoisotopic (exact) mass is 299 g/mol. The van der Waals surface area contributed by atoms with Crippen LogP contribution in [-0.4, -0.2) is 24.5 Å². The summed E-state index contributed by atoms with van der Waals surface area (Å²) in [5, 5.41) is 0.